The van der Waals surface area contributed by atoms with Gasteiger partial charge in [0.05, 0.1) is 5.41 Å². The average molecular weight is 292 g/mol. The Morgan fingerprint density at radius 1 is 1.38 bits per heavy atom. The maximum atomic E-state index is 11.5. The summed E-state index contributed by atoms with van der Waals surface area (Å²) in [7, 11) is 0. The molecule has 0 saturated carbocycles. The van der Waals surface area contributed by atoms with Crippen LogP contribution >= 0.6 is 0 Å². The zero-order chi connectivity index (χ0) is 15.6. The minimum absolute atomic E-state index is 0.0218. The van der Waals surface area contributed by atoms with E-state index >= 15 is 0 Å². The first-order chi connectivity index (χ1) is 9.84. The van der Waals surface area contributed by atoms with Gasteiger partial charge in [-0.05, 0) is 32.6 Å². The molecule has 3 N–H and O–H groups in total. The fourth-order valence-corrected chi connectivity index (χ4v) is 2.67. The van der Waals surface area contributed by atoms with Crippen LogP contribution in [0.15, 0.2) is 12.4 Å². The van der Waals surface area contributed by atoms with Gasteiger partial charge in [0.1, 0.15) is 0 Å². The Labute approximate surface area is 123 Å². The zero-order valence-corrected chi connectivity index (χ0v) is 12.2. The molecule has 1 fully saturated rings. The van der Waals surface area contributed by atoms with E-state index in [9.17, 15) is 14.7 Å². The number of hydrogen-bond donors (Lipinski definition) is 2. The molecule has 114 valence electrons. The smallest absolute Gasteiger partial charge is 0.309 e. The quantitative estimate of drug-likeness (QED) is 0.853. The third kappa shape index (κ3) is 2.96. The Hall–Kier alpha value is -2.18. The highest BCUT2D eigenvalue weighted by Crippen LogP contribution is 2.35. The molecule has 2 rings (SSSR count). The van der Waals surface area contributed by atoms with Gasteiger partial charge in [-0.25, -0.2) is 9.97 Å². The van der Waals surface area contributed by atoms with E-state index < -0.39 is 17.3 Å². The van der Waals surface area contributed by atoms with Gasteiger partial charge in [-0.2, -0.15) is 0 Å². The van der Waals surface area contributed by atoms with E-state index in [1.54, 1.807) is 13.8 Å². The van der Waals surface area contributed by atoms with Gasteiger partial charge in [-0.1, -0.05) is 0 Å². The number of amides is 1. The van der Waals surface area contributed by atoms with Crippen molar-refractivity contribution in [3.8, 4) is 0 Å². The highest BCUT2D eigenvalue weighted by molar-refractivity contribution is 5.95. The molecule has 0 aromatic carbocycles. The average Bonchev–Trinajstić information content (AvgIpc) is 2.47. The highest BCUT2D eigenvalue weighted by Gasteiger charge is 2.39. The molecular weight excluding hydrogens is 272 g/mol. The van der Waals surface area contributed by atoms with Gasteiger partial charge in [0, 0.05) is 25.5 Å². The van der Waals surface area contributed by atoms with Crippen molar-refractivity contribution >= 4 is 17.7 Å². The van der Waals surface area contributed by atoms with Crippen LogP contribution in [0.3, 0.4) is 0 Å². The van der Waals surface area contributed by atoms with Crippen LogP contribution in [0.4, 0.5) is 5.82 Å². The molecule has 2 heterocycles. The van der Waals surface area contributed by atoms with Crippen molar-refractivity contribution < 1.29 is 14.7 Å². The second kappa shape index (κ2) is 5.67. The standard InChI is InChI=1S/C14H20N4O3/c1-14(2,13(20)21)9-4-3-7-18(8-9)12-10(11(15)19)16-5-6-17-12/h5-6,9H,3-4,7-8H2,1-2H3,(H2,15,19)(H,20,21). The van der Waals surface area contributed by atoms with Crippen LogP contribution in [0.5, 0.6) is 0 Å². The van der Waals surface area contributed by atoms with E-state index in [1.807, 2.05) is 4.90 Å². The summed E-state index contributed by atoms with van der Waals surface area (Å²) in [5.41, 5.74) is 4.63. The summed E-state index contributed by atoms with van der Waals surface area (Å²) in [6, 6.07) is 0. The van der Waals surface area contributed by atoms with Crippen LogP contribution in [0, 0.1) is 11.3 Å². The molecule has 0 aliphatic carbocycles. The number of carboxylic acid groups (broad SMARTS) is 1. The molecule has 1 aromatic rings. The number of rotatable bonds is 4. The Morgan fingerprint density at radius 3 is 2.67 bits per heavy atom. The third-order valence-corrected chi connectivity index (χ3v) is 4.21. The van der Waals surface area contributed by atoms with Crippen molar-refractivity contribution in [3.63, 3.8) is 0 Å². The summed E-state index contributed by atoms with van der Waals surface area (Å²) >= 11 is 0. The van der Waals surface area contributed by atoms with Crippen molar-refractivity contribution in [2.75, 3.05) is 18.0 Å². The van der Waals surface area contributed by atoms with Gasteiger partial charge in [0.15, 0.2) is 11.5 Å². The summed E-state index contributed by atoms with van der Waals surface area (Å²) in [6.45, 7) is 4.70. The van der Waals surface area contributed by atoms with Crippen LogP contribution < -0.4 is 10.6 Å². The lowest BCUT2D eigenvalue weighted by Gasteiger charge is -2.39. The Bertz CT molecular complexity index is 559. The van der Waals surface area contributed by atoms with E-state index in [1.165, 1.54) is 12.4 Å². The van der Waals surface area contributed by atoms with E-state index in [0.717, 1.165) is 12.8 Å². The number of aromatic nitrogens is 2. The van der Waals surface area contributed by atoms with E-state index in [2.05, 4.69) is 9.97 Å². The largest absolute Gasteiger partial charge is 0.481 e. The molecule has 1 saturated heterocycles. The fourth-order valence-electron chi connectivity index (χ4n) is 2.67. The van der Waals surface area contributed by atoms with Crippen LogP contribution in [0.25, 0.3) is 0 Å². The number of carbonyl (C=O) groups is 2. The van der Waals surface area contributed by atoms with Gasteiger partial charge in [0.2, 0.25) is 0 Å². The summed E-state index contributed by atoms with van der Waals surface area (Å²) < 4.78 is 0. The summed E-state index contributed by atoms with van der Waals surface area (Å²) in [5, 5.41) is 9.37. The first-order valence-corrected chi connectivity index (χ1v) is 6.93. The Morgan fingerprint density at radius 2 is 2.05 bits per heavy atom. The molecular formula is C14H20N4O3. The fraction of sp³-hybridized carbons (Fsp3) is 0.571. The first kappa shape index (κ1) is 15.2. The van der Waals surface area contributed by atoms with E-state index in [0.29, 0.717) is 18.9 Å². The predicted molar refractivity (Wildman–Crippen MR) is 76.9 cm³/mol. The van der Waals surface area contributed by atoms with Gasteiger partial charge >= 0.3 is 5.97 Å². The Kier molecular flexibility index (Phi) is 4.11. The highest BCUT2D eigenvalue weighted by atomic mass is 16.4. The lowest BCUT2D eigenvalue weighted by Crippen LogP contribution is -2.45. The lowest BCUT2D eigenvalue weighted by atomic mass is 9.74. The summed E-state index contributed by atoms with van der Waals surface area (Å²) in [5.74, 6) is -1.02. The number of carboxylic acids is 1. The maximum absolute atomic E-state index is 11.5. The molecule has 1 unspecified atom stereocenters. The number of aliphatic carboxylic acids is 1. The predicted octanol–water partition coefficient (Wildman–Crippen LogP) is 0.903. The monoisotopic (exact) mass is 292 g/mol. The number of nitrogens with two attached hydrogens (primary N) is 1. The molecule has 1 amide bonds. The van der Waals surface area contributed by atoms with Crippen molar-refractivity contribution in [2.24, 2.45) is 17.1 Å². The number of primary amides is 1. The van der Waals surface area contributed by atoms with Crippen LogP contribution in [0.1, 0.15) is 37.2 Å². The molecule has 0 spiro atoms. The summed E-state index contributed by atoms with van der Waals surface area (Å²) in [4.78, 5) is 33.0. The van der Waals surface area contributed by atoms with E-state index in [-0.39, 0.29) is 11.6 Å². The third-order valence-electron chi connectivity index (χ3n) is 4.21. The minimum atomic E-state index is -0.826. The molecule has 21 heavy (non-hydrogen) atoms. The molecule has 0 bridgehead atoms. The zero-order valence-electron chi connectivity index (χ0n) is 12.2. The molecule has 1 aliphatic rings. The summed E-state index contributed by atoms with van der Waals surface area (Å²) in [6.07, 6.45) is 4.61. The number of piperidine rings is 1. The van der Waals surface area contributed by atoms with Gasteiger partial charge in [-0.15, -0.1) is 0 Å². The molecule has 1 atom stereocenters. The molecule has 0 radical (unpaired) electrons. The van der Waals surface area contributed by atoms with Gasteiger partial charge < -0.3 is 15.7 Å². The molecule has 1 aliphatic heterocycles. The van der Waals surface area contributed by atoms with Gasteiger partial charge in [0.25, 0.3) is 5.91 Å². The second-order valence-electron chi connectivity index (χ2n) is 5.90. The Balaban J connectivity index is 2.27. The molecule has 1 aromatic heterocycles. The van der Waals surface area contributed by atoms with Crippen molar-refractivity contribution in [2.45, 2.75) is 26.7 Å². The van der Waals surface area contributed by atoms with Crippen LogP contribution in [0.2, 0.25) is 0 Å². The SMILES string of the molecule is CC(C)(C(=O)O)C1CCCN(c2nccnc2C(N)=O)C1. The lowest BCUT2D eigenvalue weighted by molar-refractivity contribution is -0.150. The van der Waals surface area contributed by atoms with Crippen molar-refractivity contribution in [1.29, 1.82) is 0 Å². The number of nitrogens with zero attached hydrogens (tertiary/aromatic N) is 3. The number of hydrogen-bond acceptors (Lipinski definition) is 5. The number of carbonyl (C=O) groups excluding carboxylic acids is 1. The normalized spacial score (nSPS) is 19.3. The minimum Gasteiger partial charge on any atom is -0.481 e. The molecule has 7 heteroatoms. The maximum Gasteiger partial charge on any atom is 0.309 e. The van der Waals surface area contributed by atoms with Crippen LogP contribution in [-0.2, 0) is 4.79 Å². The second-order valence-corrected chi connectivity index (χ2v) is 5.90. The van der Waals surface area contributed by atoms with Crippen molar-refractivity contribution in [1.82, 2.24) is 9.97 Å². The topological polar surface area (TPSA) is 109 Å². The number of anilines is 1. The van der Waals surface area contributed by atoms with E-state index in [4.69, 9.17) is 5.73 Å². The van der Waals surface area contributed by atoms with Crippen LogP contribution in [-0.4, -0.2) is 40.0 Å². The first-order valence-electron chi connectivity index (χ1n) is 6.93. The van der Waals surface area contributed by atoms with Crippen molar-refractivity contribution in [3.05, 3.63) is 18.1 Å². The molecule has 7 nitrogen and oxygen atoms in total. The van der Waals surface area contributed by atoms with Gasteiger partial charge in [-0.3, -0.25) is 9.59 Å².